The normalized spacial score (nSPS) is 11.9. The molecule has 0 aliphatic carbocycles. The van der Waals surface area contributed by atoms with E-state index in [2.05, 4.69) is 25.3 Å². The zero-order valence-electron chi connectivity index (χ0n) is 16.3. The molecular weight excluding hydrogens is 445 g/mol. The van der Waals surface area contributed by atoms with Crippen molar-refractivity contribution in [3.05, 3.63) is 59.9 Å². The predicted molar refractivity (Wildman–Crippen MR) is 103 cm³/mol. The van der Waals surface area contributed by atoms with Gasteiger partial charge in [0.25, 0.3) is 0 Å². The van der Waals surface area contributed by atoms with Crippen molar-refractivity contribution in [1.82, 2.24) is 9.97 Å². The third-order valence-corrected chi connectivity index (χ3v) is 4.00. The molecule has 0 saturated heterocycles. The molecule has 3 rings (SSSR count). The van der Waals surface area contributed by atoms with Gasteiger partial charge in [0.15, 0.2) is 0 Å². The summed E-state index contributed by atoms with van der Waals surface area (Å²) in [6.07, 6.45) is -9.75. The smallest absolute Gasteiger partial charge is 0.406 e. The van der Waals surface area contributed by atoms with E-state index < -0.39 is 35.4 Å². The summed E-state index contributed by atoms with van der Waals surface area (Å²) < 4.78 is 95.6. The molecule has 0 unspecified atom stereocenters. The van der Waals surface area contributed by atoms with Crippen molar-refractivity contribution in [2.24, 2.45) is 0 Å². The summed E-state index contributed by atoms with van der Waals surface area (Å²) in [7, 11) is 0. The molecule has 5 nitrogen and oxygen atoms in total. The second kappa shape index (κ2) is 8.89. The van der Waals surface area contributed by atoms with Crippen LogP contribution in [-0.2, 0) is 6.18 Å². The Balaban J connectivity index is 2.05. The van der Waals surface area contributed by atoms with Crippen LogP contribution in [0.5, 0.6) is 5.75 Å². The van der Waals surface area contributed by atoms with Gasteiger partial charge in [-0.15, -0.1) is 13.2 Å². The average molecular weight is 460 g/mol. The topological polar surface area (TPSA) is 59.1 Å². The fourth-order valence-electron chi connectivity index (χ4n) is 2.76. The highest BCUT2D eigenvalue weighted by molar-refractivity contribution is 5.70. The van der Waals surface area contributed by atoms with E-state index >= 15 is 0 Å². The second-order valence-electron chi connectivity index (χ2n) is 6.35. The zero-order valence-corrected chi connectivity index (χ0v) is 16.3. The minimum atomic E-state index is -4.91. The van der Waals surface area contributed by atoms with Crippen LogP contribution in [0.25, 0.3) is 11.3 Å². The van der Waals surface area contributed by atoms with Gasteiger partial charge in [-0.2, -0.15) is 18.2 Å². The van der Waals surface area contributed by atoms with Crippen molar-refractivity contribution in [3.63, 3.8) is 0 Å². The highest BCUT2D eigenvalue weighted by Gasteiger charge is 2.35. The Bertz CT molecular complexity index is 1100. The largest absolute Gasteiger partial charge is 0.573 e. The van der Waals surface area contributed by atoms with Gasteiger partial charge in [0.2, 0.25) is 5.95 Å². The number of anilines is 3. The first kappa shape index (κ1) is 23.1. The standard InChI is InChI=1S/C20H15F7N4O/c1-2-28-18-29-15(11-5-3-6-12(9-11)32-20(25,26)27)10-16(31-18)30-17-13(19(22,23)24)7-4-8-14(17)21/h3-10H,2H2,1H3,(H2,28,29,30,31). The summed E-state index contributed by atoms with van der Waals surface area (Å²) in [5, 5.41) is 5.08. The lowest BCUT2D eigenvalue weighted by Crippen LogP contribution is -2.17. The Hall–Kier alpha value is -3.57. The molecule has 32 heavy (non-hydrogen) atoms. The molecule has 3 aromatic rings. The van der Waals surface area contributed by atoms with Gasteiger partial charge < -0.3 is 15.4 Å². The summed E-state index contributed by atoms with van der Waals surface area (Å²) in [4.78, 5) is 8.16. The van der Waals surface area contributed by atoms with E-state index in [4.69, 9.17) is 0 Å². The summed E-state index contributed by atoms with van der Waals surface area (Å²) in [6, 6.07) is 8.51. The van der Waals surface area contributed by atoms with Crippen molar-refractivity contribution in [3.8, 4) is 17.0 Å². The fourth-order valence-corrected chi connectivity index (χ4v) is 2.76. The average Bonchev–Trinajstić information content (AvgIpc) is 2.68. The fraction of sp³-hybridized carbons (Fsp3) is 0.200. The number of hydrogen-bond acceptors (Lipinski definition) is 5. The lowest BCUT2D eigenvalue weighted by molar-refractivity contribution is -0.274. The lowest BCUT2D eigenvalue weighted by atomic mass is 10.1. The molecule has 0 amide bonds. The van der Waals surface area contributed by atoms with Gasteiger partial charge in [0.05, 0.1) is 16.9 Å². The first-order valence-electron chi connectivity index (χ1n) is 9.08. The van der Waals surface area contributed by atoms with Crippen LogP contribution in [-0.4, -0.2) is 22.9 Å². The van der Waals surface area contributed by atoms with Crippen molar-refractivity contribution in [2.45, 2.75) is 19.5 Å². The minimum absolute atomic E-state index is 0.0282. The molecule has 0 fully saturated rings. The van der Waals surface area contributed by atoms with Crippen LogP contribution in [0, 0.1) is 5.82 Å². The number of para-hydroxylation sites is 1. The van der Waals surface area contributed by atoms with E-state index in [1.165, 1.54) is 18.2 Å². The third kappa shape index (κ3) is 5.77. The Morgan fingerprint density at radius 2 is 1.66 bits per heavy atom. The van der Waals surface area contributed by atoms with Crippen LogP contribution < -0.4 is 15.4 Å². The van der Waals surface area contributed by atoms with Crippen LogP contribution in [0.15, 0.2) is 48.5 Å². The van der Waals surface area contributed by atoms with Crippen LogP contribution in [0.2, 0.25) is 0 Å². The molecule has 0 aliphatic heterocycles. The maximum absolute atomic E-state index is 14.2. The van der Waals surface area contributed by atoms with Crippen molar-refractivity contribution < 1.29 is 35.5 Å². The minimum Gasteiger partial charge on any atom is -0.406 e. The third-order valence-electron chi connectivity index (χ3n) is 4.00. The first-order chi connectivity index (χ1) is 15.0. The second-order valence-corrected chi connectivity index (χ2v) is 6.35. The maximum Gasteiger partial charge on any atom is 0.573 e. The molecule has 12 heteroatoms. The number of benzene rings is 2. The van der Waals surface area contributed by atoms with Gasteiger partial charge >= 0.3 is 12.5 Å². The van der Waals surface area contributed by atoms with Crippen molar-refractivity contribution in [2.75, 3.05) is 17.2 Å². The predicted octanol–water partition coefficient (Wildman–Crippen LogP) is 6.38. The quantitative estimate of drug-likeness (QED) is 0.419. The van der Waals surface area contributed by atoms with Crippen LogP contribution >= 0.6 is 0 Å². The van der Waals surface area contributed by atoms with Crippen LogP contribution in [0.4, 0.5) is 48.2 Å². The molecule has 0 spiro atoms. The summed E-state index contributed by atoms with van der Waals surface area (Å²) in [5.74, 6) is -1.91. The van der Waals surface area contributed by atoms with Gasteiger partial charge in [-0.1, -0.05) is 18.2 Å². The van der Waals surface area contributed by atoms with Gasteiger partial charge in [0.1, 0.15) is 17.4 Å². The first-order valence-corrected chi connectivity index (χ1v) is 9.08. The van der Waals surface area contributed by atoms with Gasteiger partial charge in [-0.05, 0) is 31.2 Å². The van der Waals surface area contributed by atoms with E-state index in [1.54, 1.807) is 6.92 Å². The number of alkyl halides is 6. The summed E-state index contributed by atoms with van der Waals surface area (Å²) in [6.45, 7) is 2.05. The number of hydrogen-bond donors (Lipinski definition) is 2. The van der Waals surface area contributed by atoms with Crippen molar-refractivity contribution in [1.29, 1.82) is 0 Å². The Morgan fingerprint density at radius 3 is 2.31 bits per heavy atom. The van der Waals surface area contributed by atoms with Gasteiger partial charge in [0, 0.05) is 18.2 Å². The zero-order chi connectivity index (χ0) is 23.5. The number of nitrogens with zero attached hydrogens (tertiary/aromatic N) is 2. The van der Waals surface area contributed by atoms with E-state index in [0.717, 1.165) is 24.3 Å². The number of ether oxygens (including phenoxy) is 1. The molecule has 0 saturated carbocycles. The molecule has 1 heterocycles. The highest BCUT2D eigenvalue weighted by atomic mass is 19.4. The molecule has 0 aliphatic rings. The molecule has 0 radical (unpaired) electrons. The molecule has 0 bridgehead atoms. The molecule has 2 N–H and O–H groups in total. The van der Waals surface area contributed by atoms with Crippen molar-refractivity contribution >= 4 is 17.5 Å². The Labute approximate surface area is 177 Å². The van der Waals surface area contributed by atoms with E-state index in [-0.39, 0.29) is 23.0 Å². The molecule has 0 atom stereocenters. The summed E-state index contributed by atoms with van der Waals surface area (Å²) >= 11 is 0. The monoisotopic (exact) mass is 460 g/mol. The van der Waals surface area contributed by atoms with Crippen LogP contribution in [0.1, 0.15) is 12.5 Å². The summed E-state index contributed by atoms with van der Waals surface area (Å²) in [5.41, 5.74) is -1.86. The Morgan fingerprint density at radius 1 is 0.938 bits per heavy atom. The highest BCUT2D eigenvalue weighted by Crippen LogP contribution is 2.38. The van der Waals surface area contributed by atoms with Gasteiger partial charge in [-0.25, -0.2) is 9.37 Å². The number of rotatable bonds is 6. The SMILES string of the molecule is CCNc1nc(Nc2c(F)cccc2C(F)(F)F)cc(-c2cccc(OC(F)(F)F)c2)n1. The molecule has 2 aromatic carbocycles. The molecular formula is C20H15F7N4O. The van der Waals surface area contributed by atoms with E-state index in [9.17, 15) is 30.7 Å². The molecule has 170 valence electrons. The number of aromatic nitrogens is 2. The van der Waals surface area contributed by atoms with E-state index in [1.807, 2.05) is 0 Å². The Kier molecular flexibility index (Phi) is 6.42. The number of halogens is 7. The lowest BCUT2D eigenvalue weighted by Gasteiger charge is -2.16. The molecule has 1 aromatic heterocycles. The van der Waals surface area contributed by atoms with Gasteiger partial charge in [-0.3, -0.25) is 0 Å². The maximum atomic E-state index is 14.2. The van der Waals surface area contributed by atoms with E-state index in [0.29, 0.717) is 12.6 Å². The van der Waals surface area contributed by atoms with Crippen LogP contribution in [0.3, 0.4) is 0 Å². The number of nitrogens with one attached hydrogen (secondary N) is 2.